The van der Waals surface area contributed by atoms with Crippen LogP contribution in [-0.4, -0.2) is 95.6 Å². The van der Waals surface area contributed by atoms with Crippen molar-refractivity contribution in [3.63, 3.8) is 0 Å². The molecular formula is C55H69ClN6O7S. The first-order valence-corrected chi connectivity index (χ1v) is 25.7. The molecule has 70 heavy (non-hydrogen) atoms. The van der Waals surface area contributed by atoms with Crippen LogP contribution in [-0.2, 0) is 19.1 Å². The van der Waals surface area contributed by atoms with E-state index in [0.29, 0.717) is 34.4 Å². The highest BCUT2D eigenvalue weighted by atomic mass is 35.5. The topological polar surface area (TPSA) is 174 Å². The monoisotopic (exact) mass is 992 g/mol. The molecule has 7 rings (SSSR count). The van der Waals surface area contributed by atoms with Gasteiger partial charge in [0.2, 0.25) is 11.8 Å². The molecule has 2 saturated heterocycles. The fourth-order valence-electron chi connectivity index (χ4n) is 11.0. The number of aliphatic hydroxyl groups is 1. The Balaban J connectivity index is 0.831. The third-order valence-electron chi connectivity index (χ3n) is 14.9. The molecule has 374 valence electrons. The number of carbonyl (C=O) groups is 4. The number of ether oxygens (including phenoxy) is 2. The van der Waals surface area contributed by atoms with Crippen molar-refractivity contribution in [2.75, 3.05) is 37.7 Å². The van der Waals surface area contributed by atoms with Gasteiger partial charge in [-0.3, -0.25) is 19.2 Å². The summed E-state index contributed by atoms with van der Waals surface area (Å²) in [5.74, 6) is -0.624. The van der Waals surface area contributed by atoms with Crippen LogP contribution < -0.4 is 20.3 Å². The van der Waals surface area contributed by atoms with Gasteiger partial charge < -0.3 is 35.0 Å². The highest BCUT2D eigenvalue weighted by Crippen LogP contribution is 2.55. The zero-order valence-electron chi connectivity index (χ0n) is 42.0. The fraction of sp³-hybridized carbons (Fsp3) is 0.527. The lowest BCUT2D eigenvalue weighted by molar-refractivity contribution is -0.164. The average molecular weight is 994 g/mol. The second-order valence-corrected chi connectivity index (χ2v) is 23.1. The predicted molar refractivity (Wildman–Crippen MR) is 274 cm³/mol. The molecule has 3 amide bonds. The number of likely N-dealkylation sites (tertiary alicyclic amines) is 1. The van der Waals surface area contributed by atoms with E-state index < -0.39 is 23.5 Å². The van der Waals surface area contributed by atoms with Crippen LogP contribution in [0.4, 0.5) is 5.69 Å². The quantitative estimate of drug-likeness (QED) is 0.0866. The number of thiazole rings is 1. The number of nitrogens with zero attached hydrogens (tertiary/aromatic N) is 4. The lowest BCUT2D eigenvalue weighted by atomic mass is 9.49. The number of nitrogens with one attached hydrogen (secondary N) is 2. The van der Waals surface area contributed by atoms with Gasteiger partial charge in [-0.2, -0.15) is 5.26 Å². The molecule has 3 fully saturated rings. The van der Waals surface area contributed by atoms with Crippen LogP contribution in [0, 0.1) is 46.3 Å². The van der Waals surface area contributed by atoms with Gasteiger partial charge in [-0.05, 0) is 92.0 Å². The molecule has 1 saturated carbocycles. The summed E-state index contributed by atoms with van der Waals surface area (Å²) in [5.41, 5.74) is 5.49. The number of aryl methyl sites for hydroxylation is 1. The Kier molecular flexibility index (Phi) is 16.2. The van der Waals surface area contributed by atoms with Gasteiger partial charge in [0.05, 0.1) is 38.8 Å². The minimum absolute atomic E-state index is 0.0207. The van der Waals surface area contributed by atoms with Crippen molar-refractivity contribution in [1.29, 1.82) is 5.26 Å². The lowest BCUT2D eigenvalue weighted by Gasteiger charge is -2.63. The number of benzene rings is 3. The summed E-state index contributed by atoms with van der Waals surface area (Å²) in [6.45, 7) is 20.1. The smallest absolute Gasteiger partial charge is 0.251 e. The number of ketones is 1. The second-order valence-electron chi connectivity index (χ2n) is 21.8. The van der Waals surface area contributed by atoms with E-state index in [0.717, 1.165) is 59.7 Å². The van der Waals surface area contributed by atoms with E-state index in [-0.39, 0.29) is 78.5 Å². The van der Waals surface area contributed by atoms with Crippen molar-refractivity contribution >= 4 is 52.1 Å². The number of piperidine rings is 1. The molecule has 3 N–H and O–H groups in total. The molecule has 1 unspecified atom stereocenters. The normalized spacial score (nSPS) is 21.8. The van der Waals surface area contributed by atoms with Crippen molar-refractivity contribution in [1.82, 2.24) is 20.5 Å². The Morgan fingerprint density at radius 2 is 1.67 bits per heavy atom. The van der Waals surface area contributed by atoms with Crippen LogP contribution in [0.15, 0.2) is 72.2 Å². The Labute approximate surface area is 422 Å². The molecule has 1 aliphatic carbocycles. The number of aliphatic hydroxyl groups excluding tert-OH is 1. The first kappa shape index (κ1) is 52.5. The van der Waals surface area contributed by atoms with E-state index in [1.54, 1.807) is 29.5 Å². The maximum atomic E-state index is 14.2. The number of anilines is 1. The van der Waals surface area contributed by atoms with Gasteiger partial charge in [-0.1, -0.05) is 84.3 Å². The molecule has 0 spiro atoms. The Hall–Kier alpha value is -5.33. The van der Waals surface area contributed by atoms with E-state index >= 15 is 0 Å². The maximum absolute atomic E-state index is 14.2. The zero-order valence-corrected chi connectivity index (χ0v) is 43.6. The van der Waals surface area contributed by atoms with Crippen LogP contribution in [0.3, 0.4) is 0 Å². The van der Waals surface area contributed by atoms with Crippen molar-refractivity contribution in [2.45, 2.75) is 125 Å². The summed E-state index contributed by atoms with van der Waals surface area (Å²) in [6, 6.07) is 21.6. The van der Waals surface area contributed by atoms with Gasteiger partial charge >= 0.3 is 0 Å². The number of hydrogen-bond acceptors (Lipinski definition) is 11. The van der Waals surface area contributed by atoms with Crippen LogP contribution in [0.1, 0.15) is 121 Å². The number of aromatic nitrogens is 1. The number of nitriles is 1. The van der Waals surface area contributed by atoms with Crippen LogP contribution in [0.25, 0.3) is 10.4 Å². The summed E-state index contributed by atoms with van der Waals surface area (Å²) in [5, 5.41) is 26.6. The molecule has 3 aliphatic rings. The van der Waals surface area contributed by atoms with E-state index in [2.05, 4.69) is 54.3 Å². The van der Waals surface area contributed by atoms with E-state index in [4.69, 9.17) is 21.1 Å². The van der Waals surface area contributed by atoms with E-state index in [1.165, 1.54) is 4.90 Å². The van der Waals surface area contributed by atoms with Crippen molar-refractivity contribution in [2.24, 2.45) is 28.1 Å². The third kappa shape index (κ3) is 11.7. The largest absolute Gasteiger partial charge is 0.489 e. The van der Waals surface area contributed by atoms with Crippen molar-refractivity contribution < 1.29 is 33.8 Å². The highest BCUT2D eigenvalue weighted by molar-refractivity contribution is 7.13. The van der Waals surface area contributed by atoms with Crippen LogP contribution >= 0.6 is 22.9 Å². The Morgan fingerprint density at radius 1 is 1.00 bits per heavy atom. The standard InChI is InChI=1S/C55H69ClN6O7S/c1-33(36-10-12-37(13-11-36)47-34(2)58-32-70-47)59-49(66)46-27-41(63)30-62(46)50(67)44(53(3,4)5)26-42(64)31-68-25-22-35-20-23-61(24-21-35)40-17-14-38(15-18-40)48(65)60-51-54(6,7)52(55(51,8)9)69-43-19-16-39(29-57)45(56)28-43/h10-19,28,32-33,35,41,44,46,51-52,63H,20-27,30-31H2,1-9H3,(H,59,66)(H,60,65)/t33-,41+,44?,46-,51?,52?/m0/s1. The average Bonchev–Trinajstić information content (AvgIpc) is 3.95. The zero-order chi connectivity index (χ0) is 50.7. The maximum Gasteiger partial charge on any atom is 0.251 e. The fourth-order valence-corrected chi connectivity index (χ4v) is 12.0. The molecule has 3 aromatic carbocycles. The van der Waals surface area contributed by atoms with Crippen molar-refractivity contribution in [3.05, 3.63) is 99.6 Å². The molecule has 0 radical (unpaired) electrons. The molecule has 4 aromatic rings. The molecule has 15 heteroatoms. The van der Waals surface area contributed by atoms with E-state index in [9.17, 15) is 29.5 Å². The molecule has 1 aromatic heterocycles. The number of carbonyl (C=O) groups excluding carboxylic acids is 4. The molecule has 13 nitrogen and oxygen atoms in total. The molecule has 4 atom stereocenters. The molecule has 3 heterocycles. The van der Waals surface area contributed by atoms with Crippen molar-refractivity contribution in [3.8, 4) is 22.3 Å². The number of hydrogen-bond donors (Lipinski definition) is 3. The number of halogens is 1. The summed E-state index contributed by atoms with van der Waals surface area (Å²) in [7, 11) is 0. The van der Waals surface area contributed by atoms with Crippen LogP contribution in [0.2, 0.25) is 5.02 Å². The SMILES string of the molecule is Cc1ncsc1-c1ccc([C@H](C)NC(=O)[C@@H]2C[C@@H](O)CN2C(=O)C(CC(=O)COCCC2CCN(c3ccc(C(=O)NC4C(C)(C)C(Oc5ccc(C#N)c(Cl)c5)C4(C)C)cc3)CC2)C(C)(C)C)cc1. The number of amides is 3. The Morgan fingerprint density at radius 3 is 2.27 bits per heavy atom. The minimum atomic E-state index is -0.851. The molecule has 0 bridgehead atoms. The van der Waals surface area contributed by atoms with Gasteiger partial charge in [0.15, 0.2) is 5.78 Å². The molecular weight excluding hydrogens is 924 g/mol. The minimum Gasteiger partial charge on any atom is -0.489 e. The first-order valence-electron chi connectivity index (χ1n) is 24.5. The highest BCUT2D eigenvalue weighted by Gasteiger charge is 2.64. The molecule has 2 aliphatic heterocycles. The summed E-state index contributed by atoms with van der Waals surface area (Å²) >= 11 is 7.85. The number of Topliss-reactive ketones (excluding diaryl/α,β-unsaturated/α-hetero) is 1. The lowest BCUT2D eigenvalue weighted by Crippen LogP contribution is -2.74. The Bertz CT molecular complexity index is 2540. The predicted octanol–water partition coefficient (Wildman–Crippen LogP) is 9.34. The third-order valence-corrected chi connectivity index (χ3v) is 16.2. The van der Waals surface area contributed by atoms with Gasteiger partial charge in [0.1, 0.15) is 30.6 Å². The van der Waals surface area contributed by atoms with E-state index in [1.807, 2.05) is 88.7 Å². The van der Waals surface area contributed by atoms with Gasteiger partial charge in [0, 0.05) is 79.2 Å². The first-order chi connectivity index (χ1) is 33.1. The number of rotatable bonds is 17. The van der Waals surface area contributed by atoms with Gasteiger partial charge in [-0.25, -0.2) is 4.98 Å². The number of β-amino-alcohol motifs (C(OH)–C–C–N with tert-alkyl or cyclic N) is 1. The summed E-state index contributed by atoms with van der Waals surface area (Å²) in [6.07, 6.45) is 1.82. The summed E-state index contributed by atoms with van der Waals surface area (Å²) < 4.78 is 12.3. The van der Waals surface area contributed by atoms with Gasteiger partial charge in [-0.15, -0.1) is 11.3 Å². The van der Waals surface area contributed by atoms with Gasteiger partial charge in [0.25, 0.3) is 5.91 Å². The second kappa shape index (κ2) is 21.6. The summed E-state index contributed by atoms with van der Waals surface area (Å²) in [4.78, 5) is 64.1. The van der Waals surface area contributed by atoms with Crippen LogP contribution in [0.5, 0.6) is 5.75 Å².